The number of ether oxygens (including phenoxy) is 1. The van der Waals surface area contributed by atoms with E-state index in [0.29, 0.717) is 13.0 Å². The number of benzene rings is 1. The SMILES string of the molecule is F[C@H]1CCN(Cc2ccc(OCCCN3CCCCC3)cc2)C1. The van der Waals surface area contributed by atoms with Crippen LogP contribution < -0.4 is 4.74 Å². The van der Waals surface area contributed by atoms with Gasteiger partial charge in [-0.1, -0.05) is 18.6 Å². The van der Waals surface area contributed by atoms with E-state index in [0.717, 1.165) is 38.4 Å². The number of rotatable bonds is 7. The van der Waals surface area contributed by atoms with Crippen molar-refractivity contribution in [3.05, 3.63) is 29.8 Å². The van der Waals surface area contributed by atoms with Gasteiger partial charge in [-0.15, -0.1) is 0 Å². The lowest BCUT2D eigenvalue weighted by Crippen LogP contribution is -2.31. The monoisotopic (exact) mass is 320 g/mol. The predicted octanol–water partition coefficient (Wildman–Crippen LogP) is 3.49. The molecule has 4 heteroatoms. The molecule has 0 saturated carbocycles. The molecule has 23 heavy (non-hydrogen) atoms. The van der Waals surface area contributed by atoms with Crippen molar-refractivity contribution in [3.8, 4) is 5.75 Å². The molecule has 1 aromatic rings. The molecule has 0 bridgehead atoms. The molecule has 2 aliphatic rings. The number of alkyl halides is 1. The zero-order valence-electron chi connectivity index (χ0n) is 14.1. The molecule has 2 saturated heterocycles. The minimum atomic E-state index is -0.641. The maximum absolute atomic E-state index is 13.2. The van der Waals surface area contributed by atoms with Crippen LogP contribution in [-0.4, -0.2) is 55.3 Å². The Kier molecular flexibility index (Phi) is 6.29. The van der Waals surface area contributed by atoms with Gasteiger partial charge < -0.3 is 9.64 Å². The Balaban J connectivity index is 1.34. The van der Waals surface area contributed by atoms with Crippen LogP contribution in [0.2, 0.25) is 0 Å². The zero-order valence-corrected chi connectivity index (χ0v) is 14.1. The van der Waals surface area contributed by atoms with Crippen LogP contribution in [0.15, 0.2) is 24.3 Å². The number of hydrogen-bond acceptors (Lipinski definition) is 3. The molecule has 0 unspecified atom stereocenters. The van der Waals surface area contributed by atoms with Gasteiger partial charge in [-0.05, 0) is 56.5 Å². The molecule has 1 aromatic carbocycles. The summed E-state index contributed by atoms with van der Waals surface area (Å²) in [6.45, 7) is 6.74. The first kappa shape index (κ1) is 16.7. The largest absolute Gasteiger partial charge is 0.494 e. The van der Waals surface area contributed by atoms with Crippen LogP contribution in [0.4, 0.5) is 4.39 Å². The molecular formula is C19H29FN2O. The number of likely N-dealkylation sites (tertiary alicyclic amines) is 2. The van der Waals surface area contributed by atoms with Crippen LogP contribution in [0.3, 0.4) is 0 Å². The number of piperidine rings is 1. The highest BCUT2D eigenvalue weighted by Crippen LogP contribution is 2.18. The van der Waals surface area contributed by atoms with E-state index < -0.39 is 6.17 Å². The average Bonchev–Trinajstić information content (AvgIpc) is 2.99. The Morgan fingerprint density at radius 2 is 1.78 bits per heavy atom. The predicted molar refractivity (Wildman–Crippen MR) is 91.6 cm³/mol. The van der Waals surface area contributed by atoms with E-state index in [9.17, 15) is 4.39 Å². The summed E-state index contributed by atoms with van der Waals surface area (Å²) in [5.74, 6) is 0.942. The summed E-state index contributed by atoms with van der Waals surface area (Å²) in [5, 5.41) is 0. The third kappa shape index (κ3) is 5.47. The van der Waals surface area contributed by atoms with Crippen molar-refractivity contribution in [3.63, 3.8) is 0 Å². The molecule has 0 N–H and O–H groups in total. The van der Waals surface area contributed by atoms with E-state index in [-0.39, 0.29) is 0 Å². The molecule has 1 atom stereocenters. The molecule has 3 rings (SSSR count). The number of halogens is 1. The van der Waals surface area contributed by atoms with Gasteiger partial charge in [0.2, 0.25) is 0 Å². The molecule has 3 nitrogen and oxygen atoms in total. The fourth-order valence-corrected chi connectivity index (χ4v) is 3.54. The fourth-order valence-electron chi connectivity index (χ4n) is 3.54. The van der Waals surface area contributed by atoms with Crippen molar-refractivity contribution < 1.29 is 9.13 Å². The Bertz CT molecular complexity index is 459. The van der Waals surface area contributed by atoms with Crippen LogP contribution in [0, 0.1) is 0 Å². The molecule has 0 aromatic heterocycles. The molecule has 128 valence electrons. The highest BCUT2D eigenvalue weighted by Gasteiger charge is 2.21. The van der Waals surface area contributed by atoms with Crippen molar-refractivity contribution in [2.75, 3.05) is 39.3 Å². The summed E-state index contributed by atoms with van der Waals surface area (Å²) in [6.07, 6.45) is 5.22. The second-order valence-corrected chi connectivity index (χ2v) is 6.87. The summed E-state index contributed by atoms with van der Waals surface area (Å²) in [5.41, 5.74) is 1.24. The van der Waals surface area contributed by atoms with Crippen LogP contribution >= 0.6 is 0 Å². The first-order valence-corrected chi connectivity index (χ1v) is 9.10. The van der Waals surface area contributed by atoms with Gasteiger partial charge in [-0.2, -0.15) is 0 Å². The third-order valence-corrected chi connectivity index (χ3v) is 4.88. The maximum atomic E-state index is 13.2. The first-order chi connectivity index (χ1) is 11.3. The first-order valence-electron chi connectivity index (χ1n) is 9.10. The quantitative estimate of drug-likeness (QED) is 0.715. The molecule has 0 radical (unpaired) electrons. The van der Waals surface area contributed by atoms with E-state index in [1.54, 1.807) is 0 Å². The van der Waals surface area contributed by atoms with Gasteiger partial charge in [0.05, 0.1) is 6.61 Å². The standard InChI is InChI=1S/C19H29FN2O/c20-18-9-13-22(16-18)15-17-5-7-19(8-6-17)23-14-4-12-21-10-2-1-3-11-21/h5-8,18H,1-4,9-16H2/t18-/m0/s1. The van der Waals surface area contributed by atoms with Crippen molar-refractivity contribution in [2.45, 2.75) is 44.8 Å². The number of nitrogens with zero attached hydrogens (tertiary/aromatic N) is 2. The average molecular weight is 320 g/mol. The molecular weight excluding hydrogens is 291 g/mol. The topological polar surface area (TPSA) is 15.7 Å². The van der Waals surface area contributed by atoms with E-state index >= 15 is 0 Å². The second-order valence-electron chi connectivity index (χ2n) is 6.87. The Hall–Kier alpha value is -1.13. The Morgan fingerprint density at radius 3 is 2.48 bits per heavy atom. The van der Waals surface area contributed by atoms with Crippen molar-refractivity contribution >= 4 is 0 Å². The van der Waals surface area contributed by atoms with Crippen LogP contribution in [0.5, 0.6) is 5.75 Å². The summed E-state index contributed by atoms with van der Waals surface area (Å²) in [4.78, 5) is 4.73. The summed E-state index contributed by atoms with van der Waals surface area (Å²) >= 11 is 0. The fraction of sp³-hybridized carbons (Fsp3) is 0.684. The minimum Gasteiger partial charge on any atom is -0.494 e. The normalized spacial score (nSPS) is 23.3. The zero-order chi connectivity index (χ0) is 15.9. The smallest absolute Gasteiger partial charge is 0.119 e. The van der Waals surface area contributed by atoms with Gasteiger partial charge in [0.15, 0.2) is 0 Å². The molecule has 0 spiro atoms. The Labute approximate surface area is 139 Å². The van der Waals surface area contributed by atoms with Crippen molar-refractivity contribution in [1.29, 1.82) is 0 Å². The van der Waals surface area contributed by atoms with Gasteiger partial charge in [0, 0.05) is 26.2 Å². The van der Waals surface area contributed by atoms with E-state index in [2.05, 4.69) is 21.9 Å². The molecule has 2 aliphatic heterocycles. The van der Waals surface area contributed by atoms with Crippen LogP contribution in [0.1, 0.15) is 37.7 Å². The number of hydrogen-bond donors (Lipinski definition) is 0. The van der Waals surface area contributed by atoms with Gasteiger partial charge in [-0.25, -0.2) is 4.39 Å². The summed E-state index contributed by atoms with van der Waals surface area (Å²) < 4.78 is 19.0. The second kappa shape index (κ2) is 8.65. The maximum Gasteiger partial charge on any atom is 0.119 e. The molecule has 2 heterocycles. The van der Waals surface area contributed by atoms with Gasteiger partial charge >= 0.3 is 0 Å². The van der Waals surface area contributed by atoms with Crippen molar-refractivity contribution in [1.82, 2.24) is 9.80 Å². The van der Waals surface area contributed by atoms with Crippen molar-refractivity contribution in [2.24, 2.45) is 0 Å². The lowest BCUT2D eigenvalue weighted by molar-refractivity contribution is 0.205. The summed E-state index contributed by atoms with van der Waals surface area (Å²) in [6, 6.07) is 8.29. The third-order valence-electron chi connectivity index (χ3n) is 4.88. The lowest BCUT2D eigenvalue weighted by Gasteiger charge is -2.26. The molecule has 0 amide bonds. The van der Waals surface area contributed by atoms with Gasteiger partial charge in [0.1, 0.15) is 11.9 Å². The minimum absolute atomic E-state index is 0.578. The highest BCUT2D eigenvalue weighted by atomic mass is 19.1. The molecule has 0 aliphatic carbocycles. The Morgan fingerprint density at radius 1 is 1.00 bits per heavy atom. The van der Waals surface area contributed by atoms with E-state index in [1.807, 2.05) is 12.1 Å². The lowest BCUT2D eigenvalue weighted by atomic mass is 10.1. The highest BCUT2D eigenvalue weighted by molar-refractivity contribution is 5.27. The van der Waals surface area contributed by atoms with Crippen LogP contribution in [0.25, 0.3) is 0 Å². The van der Waals surface area contributed by atoms with Gasteiger partial charge in [0.25, 0.3) is 0 Å². The van der Waals surface area contributed by atoms with E-state index in [4.69, 9.17) is 4.74 Å². The summed E-state index contributed by atoms with van der Waals surface area (Å²) in [7, 11) is 0. The van der Waals surface area contributed by atoms with Crippen LogP contribution in [-0.2, 0) is 6.54 Å². The van der Waals surface area contributed by atoms with E-state index in [1.165, 1.54) is 37.9 Å². The van der Waals surface area contributed by atoms with Gasteiger partial charge in [-0.3, -0.25) is 4.90 Å². The molecule has 2 fully saturated rings.